The lowest BCUT2D eigenvalue weighted by molar-refractivity contribution is -0.138. The molecule has 0 aliphatic heterocycles. The molecular weight excluding hydrogens is 226 g/mol. The third-order valence-corrected chi connectivity index (χ3v) is 3.03. The van der Waals surface area contributed by atoms with E-state index >= 15 is 0 Å². The van der Waals surface area contributed by atoms with E-state index in [1.165, 1.54) is 0 Å². The number of halogens is 1. The summed E-state index contributed by atoms with van der Waals surface area (Å²) in [6.07, 6.45) is 1.97. The molecule has 1 unspecified atom stereocenters. The first-order valence-electron chi connectivity index (χ1n) is 5.14. The van der Waals surface area contributed by atoms with Gasteiger partial charge in [0.25, 0.3) is 0 Å². The minimum absolute atomic E-state index is 0.196. The molecule has 1 aromatic carbocycles. The van der Waals surface area contributed by atoms with Crippen LogP contribution in [0.2, 0.25) is 5.02 Å². The highest BCUT2D eigenvalue weighted by molar-refractivity contribution is 6.31. The highest BCUT2D eigenvalue weighted by Gasteiger charge is 2.42. The average Bonchev–Trinajstić information content (AvgIpc) is 3.00. The first-order valence-corrected chi connectivity index (χ1v) is 5.52. The van der Waals surface area contributed by atoms with Crippen LogP contribution in [0.5, 0.6) is 5.75 Å². The van der Waals surface area contributed by atoms with Crippen molar-refractivity contribution < 1.29 is 9.84 Å². The fourth-order valence-electron chi connectivity index (χ4n) is 1.59. The maximum Gasteiger partial charge on any atom is 0.208 e. The van der Waals surface area contributed by atoms with Gasteiger partial charge in [-0.2, -0.15) is 5.26 Å². The summed E-state index contributed by atoms with van der Waals surface area (Å²) in [5, 5.41) is 19.0. The molecule has 1 N–H and O–H groups in total. The molecule has 1 saturated carbocycles. The van der Waals surface area contributed by atoms with Crippen LogP contribution in [0, 0.1) is 17.2 Å². The second-order valence-corrected chi connectivity index (χ2v) is 4.59. The lowest BCUT2D eigenvalue weighted by atomic mass is 10.2. The second-order valence-electron chi connectivity index (χ2n) is 4.18. The third kappa shape index (κ3) is 2.29. The largest absolute Gasteiger partial charge is 0.463 e. The summed E-state index contributed by atoms with van der Waals surface area (Å²) in [6.45, 7) is 1.65. The number of nitriles is 1. The predicted octanol–water partition coefficient (Wildman–Crippen LogP) is 2.71. The van der Waals surface area contributed by atoms with E-state index in [1.54, 1.807) is 25.1 Å². The second kappa shape index (κ2) is 3.97. The van der Waals surface area contributed by atoms with Gasteiger partial charge in [-0.1, -0.05) is 11.6 Å². The highest BCUT2D eigenvalue weighted by atomic mass is 35.5. The van der Waals surface area contributed by atoms with Gasteiger partial charge in [-0.15, -0.1) is 0 Å². The first kappa shape index (κ1) is 11.3. The maximum absolute atomic E-state index is 9.99. The number of ether oxygens (including phenoxy) is 1. The van der Waals surface area contributed by atoms with Crippen LogP contribution in [0.15, 0.2) is 18.2 Å². The molecule has 16 heavy (non-hydrogen) atoms. The van der Waals surface area contributed by atoms with Crippen LogP contribution in [-0.4, -0.2) is 10.9 Å². The summed E-state index contributed by atoms with van der Waals surface area (Å²) in [5.41, 5.74) is 0.403. The molecular formula is C12H12ClNO2. The molecule has 84 valence electrons. The number of benzene rings is 1. The monoisotopic (exact) mass is 237 g/mol. The summed E-state index contributed by atoms with van der Waals surface area (Å²) in [4.78, 5) is 0. The van der Waals surface area contributed by atoms with Crippen LogP contribution in [0.1, 0.15) is 25.3 Å². The smallest absolute Gasteiger partial charge is 0.208 e. The van der Waals surface area contributed by atoms with Gasteiger partial charge in [0, 0.05) is 18.9 Å². The molecule has 0 spiro atoms. The fraction of sp³-hybridized carbons (Fsp3) is 0.417. The highest BCUT2D eigenvalue weighted by Crippen LogP contribution is 2.40. The molecule has 1 fully saturated rings. The Morgan fingerprint density at radius 3 is 2.75 bits per heavy atom. The van der Waals surface area contributed by atoms with E-state index in [0.717, 1.165) is 12.8 Å². The number of rotatable bonds is 3. The van der Waals surface area contributed by atoms with Gasteiger partial charge >= 0.3 is 0 Å². The van der Waals surface area contributed by atoms with Gasteiger partial charge in [-0.25, -0.2) is 0 Å². The summed E-state index contributed by atoms with van der Waals surface area (Å²) < 4.78 is 5.47. The van der Waals surface area contributed by atoms with Gasteiger partial charge in [0.15, 0.2) is 0 Å². The minimum atomic E-state index is -1.14. The van der Waals surface area contributed by atoms with Gasteiger partial charge < -0.3 is 9.84 Å². The molecule has 1 atom stereocenters. The lowest BCUT2D eigenvalue weighted by Gasteiger charge is -2.24. The molecule has 0 heterocycles. The molecule has 2 rings (SSSR count). The van der Waals surface area contributed by atoms with Crippen molar-refractivity contribution in [2.75, 3.05) is 0 Å². The number of aliphatic hydroxyl groups is 1. The standard InChI is InChI=1S/C12H12ClNO2/c1-12(15,9-3-4-9)16-10-5-2-8(7-14)11(13)6-10/h2,5-6,9,15H,3-4H2,1H3. The van der Waals surface area contributed by atoms with Crippen LogP contribution < -0.4 is 4.74 Å². The SMILES string of the molecule is CC(O)(Oc1ccc(C#N)c(Cl)c1)C1CC1. The van der Waals surface area contributed by atoms with Crippen LogP contribution in [0.4, 0.5) is 0 Å². The Balaban J connectivity index is 2.16. The van der Waals surface area contributed by atoms with E-state index in [0.29, 0.717) is 16.3 Å². The van der Waals surface area contributed by atoms with Crippen molar-refractivity contribution in [1.82, 2.24) is 0 Å². The van der Waals surface area contributed by atoms with Crippen molar-refractivity contribution in [3.63, 3.8) is 0 Å². The van der Waals surface area contributed by atoms with E-state index in [-0.39, 0.29) is 5.92 Å². The molecule has 0 bridgehead atoms. The maximum atomic E-state index is 9.99. The first-order chi connectivity index (χ1) is 7.53. The molecule has 0 saturated heterocycles. The number of hydrogen-bond donors (Lipinski definition) is 1. The van der Waals surface area contributed by atoms with Crippen molar-refractivity contribution in [1.29, 1.82) is 5.26 Å². The Kier molecular flexibility index (Phi) is 2.79. The Hall–Kier alpha value is -1.24. The summed E-state index contributed by atoms with van der Waals surface area (Å²) in [7, 11) is 0. The quantitative estimate of drug-likeness (QED) is 0.823. The van der Waals surface area contributed by atoms with Crippen LogP contribution in [-0.2, 0) is 0 Å². The number of nitrogens with zero attached hydrogens (tertiary/aromatic N) is 1. The zero-order chi connectivity index (χ0) is 11.8. The van der Waals surface area contributed by atoms with Crippen LogP contribution in [0.3, 0.4) is 0 Å². The van der Waals surface area contributed by atoms with Crippen molar-refractivity contribution >= 4 is 11.6 Å². The zero-order valence-corrected chi connectivity index (χ0v) is 9.66. The summed E-state index contributed by atoms with van der Waals surface area (Å²) >= 11 is 5.87. The molecule has 1 aromatic rings. The molecule has 1 aliphatic rings. The normalized spacial score (nSPS) is 18.6. The molecule has 0 radical (unpaired) electrons. The fourth-order valence-corrected chi connectivity index (χ4v) is 1.80. The zero-order valence-electron chi connectivity index (χ0n) is 8.90. The molecule has 1 aliphatic carbocycles. The van der Waals surface area contributed by atoms with Gasteiger partial charge in [-0.05, 0) is 25.0 Å². The van der Waals surface area contributed by atoms with E-state index in [9.17, 15) is 5.11 Å². The summed E-state index contributed by atoms with van der Waals surface area (Å²) in [6, 6.07) is 6.75. The summed E-state index contributed by atoms with van der Waals surface area (Å²) in [5.74, 6) is -0.458. The average molecular weight is 238 g/mol. The topological polar surface area (TPSA) is 53.2 Å². The Morgan fingerprint density at radius 2 is 2.25 bits per heavy atom. The Bertz CT molecular complexity index is 447. The Labute approximate surface area is 99.2 Å². The third-order valence-electron chi connectivity index (χ3n) is 2.72. The van der Waals surface area contributed by atoms with Gasteiger partial charge in [-0.3, -0.25) is 0 Å². The molecule has 0 aromatic heterocycles. The molecule has 3 nitrogen and oxygen atoms in total. The molecule has 4 heteroatoms. The molecule has 0 amide bonds. The van der Waals surface area contributed by atoms with Crippen LogP contribution in [0.25, 0.3) is 0 Å². The van der Waals surface area contributed by atoms with Gasteiger partial charge in [0.05, 0.1) is 10.6 Å². The van der Waals surface area contributed by atoms with Crippen molar-refractivity contribution in [3.8, 4) is 11.8 Å². The predicted molar refractivity (Wildman–Crippen MR) is 60.1 cm³/mol. The van der Waals surface area contributed by atoms with Gasteiger partial charge in [0.1, 0.15) is 11.8 Å². The minimum Gasteiger partial charge on any atom is -0.463 e. The van der Waals surface area contributed by atoms with Crippen molar-refractivity contribution in [3.05, 3.63) is 28.8 Å². The van der Waals surface area contributed by atoms with Crippen LogP contribution >= 0.6 is 11.6 Å². The van der Waals surface area contributed by atoms with E-state index < -0.39 is 5.79 Å². The van der Waals surface area contributed by atoms with Gasteiger partial charge in [0.2, 0.25) is 5.79 Å². The van der Waals surface area contributed by atoms with E-state index in [4.69, 9.17) is 21.6 Å². The Morgan fingerprint density at radius 1 is 1.56 bits per heavy atom. The van der Waals surface area contributed by atoms with Crippen molar-refractivity contribution in [2.45, 2.75) is 25.6 Å². The lowest BCUT2D eigenvalue weighted by Crippen LogP contribution is -2.34. The van der Waals surface area contributed by atoms with Crippen molar-refractivity contribution in [2.24, 2.45) is 5.92 Å². The van der Waals surface area contributed by atoms with E-state index in [1.807, 2.05) is 6.07 Å². The van der Waals surface area contributed by atoms with E-state index in [2.05, 4.69) is 0 Å². The number of hydrogen-bond acceptors (Lipinski definition) is 3.